The Balaban J connectivity index is 1.89. The first-order valence-corrected chi connectivity index (χ1v) is 7.32. The molecule has 0 unspecified atom stereocenters. The van der Waals surface area contributed by atoms with E-state index >= 15 is 0 Å². The van der Waals surface area contributed by atoms with E-state index in [2.05, 4.69) is 10.2 Å². The summed E-state index contributed by atoms with van der Waals surface area (Å²) in [4.78, 5) is 15.7. The molecule has 7 heteroatoms. The minimum atomic E-state index is -0.341. The van der Waals surface area contributed by atoms with E-state index in [1.54, 1.807) is 19.0 Å². The molecule has 0 saturated carbocycles. The number of nitrogens with zero attached hydrogens (tertiary/aromatic N) is 4. The van der Waals surface area contributed by atoms with Crippen molar-refractivity contribution in [2.45, 2.75) is 25.2 Å². The Morgan fingerprint density at radius 2 is 2.19 bits per heavy atom. The molecule has 3 rings (SSSR count). The number of hydrogen-bond donors (Lipinski definition) is 0. The van der Waals surface area contributed by atoms with Gasteiger partial charge in [0, 0.05) is 39.0 Å². The van der Waals surface area contributed by atoms with E-state index < -0.39 is 0 Å². The first-order chi connectivity index (χ1) is 9.94. The molecule has 21 heavy (non-hydrogen) atoms. The fourth-order valence-electron chi connectivity index (χ4n) is 3.14. The highest BCUT2D eigenvalue weighted by atomic mass is 16.5. The maximum atomic E-state index is 12.2. The highest BCUT2D eigenvalue weighted by Gasteiger charge is 2.56. The van der Waals surface area contributed by atoms with Gasteiger partial charge in [0.2, 0.25) is 11.8 Å². The van der Waals surface area contributed by atoms with Crippen LogP contribution in [-0.4, -0.2) is 66.4 Å². The molecule has 0 aromatic carbocycles. The lowest BCUT2D eigenvalue weighted by atomic mass is 9.81. The van der Waals surface area contributed by atoms with Gasteiger partial charge in [0.05, 0.1) is 18.6 Å². The van der Waals surface area contributed by atoms with Gasteiger partial charge in [0.15, 0.2) is 0 Å². The maximum absolute atomic E-state index is 12.2. The van der Waals surface area contributed by atoms with E-state index in [1.165, 1.54) is 0 Å². The van der Waals surface area contributed by atoms with Gasteiger partial charge >= 0.3 is 6.03 Å². The Hall–Kier alpha value is -1.63. The molecular formula is C14H22N4O3. The first-order valence-electron chi connectivity index (χ1n) is 7.32. The molecule has 0 aliphatic carbocycles. The van der Waals surface area contributed by atoms with Crippen molar-refractivity contribution in [3.63, 3.8) is 0 Å². The molecule has 0 radical (unpaired) electrons. The zero-order valence-electron chi connectivity index (χ0n) is 13.0. The largest absolute Gasteiger partial charge is 0.424 e. The molecule has 2 saturated heterocycles. The van der Waals surface area contributed by atoms with Gasteiger partial charge in [-0.15, -0.1) is 10.2 Å². The number of amides is 2. The van der Waals surface area contributed by atoms with Crippen molar-refractivity contribution < 1.29 is 13.9 Å². The molecule has 2 atom stereocenters. The zero-order chi connectivity index (χ0) is 15.2. The fourth-order valence-corrected chi connectivity index (χ4v) is 3.14. The SMILES string of the molecule is CC(C)c1nnc([C@]23COC[C@H]2CN(C(=O)N(C)C)C3)o1. The van der Waals surface area contributed by atoms with Gasteiger partial charge in [-0.05, 0) is 0 Å². The van der Waals surface area contributed by atoms with Crippen LogP contribution in [0.15, 0.2) is 4.42 Å². The molecule has 1 aromatic heterocycles. The third-order valence-electron chi connectivity index (χ3n) is 4.39. The van der Waals surface area contributed by atoms with Crippen molar-refractivity contribution >= 4 is 6.03 Å². The number of aromatic nitrogens is 2. The Labute approximate surface area is 124 Å². The number of carbonyl (C=O) groups is 1. The molecule has 116 valence electrons. The Morgan fingerprint density at radius 1 is 1.43 bits per heavy atom. The molecule has 7 nitrogen and oxygen atoms in total. The van der Waals surface area contributed by atoms with Crippen LogP contribution < -0.4 is 0 Å². The number of hydrogen-bond acceptors (Lipinski definition) is 5. The van der Waals surface area contributed by atoms with Crippen LogP contribution >= 0.6 is 0 Å². The molecule has 1 aromatic rings. The highest BCUT2D eigenvalue weighted by molar-refractivity contribution is 5.74. The van der Waals surface area contributed by atoms with Crippen LogP contribution in [0.5, 0.6) is 0 Å². The molecule has 2 aliphatic rings. The lowest BCUT2D eigenvalue weighted by Crippen LogP contribution is -2.41. The summed E-state index contributed by atoms with van der Waals surface area (Å²) in [5.74, 6) is 1.68. The standard InChI is InChI=1S/C14H22N4O3/c1-9(2)11-15-16-12(21-11)14-7-18(13(19)17(3)4)5-10(14)6-20-8-14/h9-10H,5-8H2,1-4H3/t10-,14-/m1/s1. The third kappa shape index (κ3) is 2.19. The Kier molecular flexibility index (Phi) is 3.39. The van der Waals surface area contributed by atoms with Crippen molar-refractivity contribution in [2.24, 2.45) is 5.92 Å². The van der Waals surface area contributed by atoms with Crippen LogP contribution in [0.25, 0.3) is 0 Å². The summed E-state index contributed by atoms with van der Waals surface area (Å²) in [5.41, 5.74) is -0.341. The molecule has 2 fully saturated rings. The van der Waals surface area contributed by atoms with Gasteiger partial charge in [-0.2, -0.15) is 0 Å². The number of fused-ring (bicyclic) bond motifs is 1. The van der Waals surface area contributed by atoms with Gasteiger partial charge in [-0.1, -0.05) is 13.8 Å². The lowest BCUT2D eigenvalue weighted by molar-refractivity contribution is 0.135. The summed E-state index contributed by atoms with van der Waals surface area (Å²) >= 11 is 0. The Bertz CT molecular complexity index is 542. The maximum Gasteiger partial charge on any atom is 0.319 e. The minimum absolute atomic E-state index is 0.0207. The molecule has 0 N–H and O–H groups in total. The van der Waals surface area contributed by atoms with E-state index in [-0.39, 0.29) is 23.3 Å². The van der Waals surface area contributed by atoms with E-state index in [0.29, 0.717) is 38.1 Å². The number of urea groups is 1. The van der Waals surface area contributed by atoms with Crippen molar-refractivity contribution in [3.8, 4) is 0 Å². The predicted octanol–water partition coefficient (Wildman–Crippen LogP) is 1.07. The van der Waals surface area contributed by atoms with Gasteiger partial charge in [-0.3, -0.25) is 0 Å². The molecule has 2 amide bonds. The van der Waals surface area contributed by atoms with Crippen LogP contribution in [0.4, 0.5) is 4.79 Å². The van der Waals surface area contributed by atoms with Gasteiger partial charge in [0.1, 0.15) is 0 Å². The first kappa shape index (κ1) is 14.3. The number of rotatable bonds is 2. The smallest absolute Gasteiger partial charge is 0.319 e. The number of carbonyl (C=O) groups excluding carboxylic acids is 1. The van der Waals surface area contributed by atoms with Crippen LogP contribution in [0.3, 0.4) is 0 Å². The molecule has 3 heterocycles. The van der Waals surface area contributed by atoms with E-state index in [0.717, 1.165) is 0 Å². The minimum Gasteiger partial charge on any atom is -0.424 e. The van der Waals surface area contributed by atoms with Gasteiger partial charge in [-0.25, -0.2) is 4.79 Å². The number of likely N-dealkylation sites (tertiary alicyclic amines) is 1. The van der Waals surface area contributed by atoms with Crippen molar-refractivity contribution in [1.82, 2.24) is 20.0 Å². The van der Waals surface area contributed by atoms with E-state index in [9.17, 15) is 4.79 Å². The molecule has 0 bridgehead atoms. The zero-order valence-corrected chi connectivity index (χ0v) is 13.0. The summed E-state index contributed by atoms with van der Waals surface area (Å²) < 4.78 is 11.5. The van der Waals surface area contributed by atoms with Gasteiger partial charge < -0.3 is 19.0 Å². The second-order valence-corrected chi connectivity index (χ2v) is 6.53. The number of ether oxygens (including phenoxy) is 1. The van der Waals surface area contributed by atoms with Crippen LogP contribution in [0, 0.1) is 5.92 Å². The fraction of sp³-hybridized carbons (Fsp3) is 0.786. The normalized spacial score (nSPS) is 28.2. The summed E-state index contributed by atoms with van der Waals surface area (Å²) in [6.45, 7) is 6.47. The quantitative estimate of drug-likeness (QED) is 0.816. The second-order valence-electron chi connectivity index (χ2n) is 6.53. The molecule has 0 spiro atoms. The summed E-state index contributed by atoms with van der Waals surface area (Å²) in [5, 5.41) is 8.38. The van der Waals surface area contributed by atoms with Crippen molar-refractivity contribution in [3.05, 3.63) is 11.8 Å². The van der Waals surface area contributed by atoms with Crippen LogP contribution in [-0.2, 0) is 10.2 Å². The molecular weight excluding hydrogens is 272 g/mol. The van der Waals surface area contributed by atoms with Gasteiger partial charge in [0.25, 0.3) is 0 Å². The average molecular weight is 294 g/mol. The van der Waals surface area contributed by atoms with Crippen LogP contribution in [0.1, 0.15) is 31.5 Å². The highest BCUT2D eigenvalue weighted by Crippen LogP contribution is 2.43. The average Bonchev–Trinajstić information content (AvgIpc) is 3.10. The Morgan fingerprint density at radius 3 is 2.81 bits per heavy atom. The third-order valence-corrected chi connectivity index (χ3v) is 4.39. The van der Waals surface area contributed by atoms with Crippen molar-refractivity contribution in [1.29, 1.82) is 0 Å². The topological polar surface area (TPSA) is 71.7 Å². The lowest BCUT2D eigenvalue weighted by Gasteiger charge is -2.24. The monoisotopic (exact) mass is 294 g/mol. The van der Waals surface area contributed by atoms with E-state index in [4.69, 9.17) is 9.15 Å². The summed E-state index contributed by atoms with van der Waals surface area (Å²) in [6, 6.07) is 0.0207. The molecule has 2 aliphatic heterocycles. The predicted molar refractivity (Wildman–Crippen MR) is 75.0 cm³/mol. The van der Waals surface area contributed by atoms with E-state index in [1.807, 2.05) is 18.7 Å². The van der Waals surface area contributed by atoms with Crippen molar-refractivity contribution in [2.75, 3.05) is 40.4 Å². The summed E-state index contributed by atoms with van der Waals surface area (Å²) in [7, 11) is 3.53. The van der Waals surface area contributed by atoms with Crippen LogP contribution in [0.2, 0.25) is 0 Å². The summed E-state index contributed by atoms with van der Waals surface area (Å²) in [6.07, 6.45) is 0. The second kappa shape index (κ2) is 4.98.